The molecule has 3 amide bonds. The van der Waals surface area contributed by atoms with E-state index in [1.54, 1.807) is 36.4 Å². The summed E-state index contributed by atoms with van der Waals surface area (Å²) in [6.45, 7) is 7.39. The molecule has 2 aliphatic rings. The fourth-order valence-corrected chi connectivity index (χ4v) is 7.20. The highest BCUT2D eigenvalue weighted by Gasteiger charge is 2.36. The van der Waals surface area contributed by atoms with Crippen molar-refractivity contribution >= 4 is 23.9 Å². The molecule has 0 aliphatic heterocycles. The molecular weight excluding hydrogens is 658 g/mol. The lowest BCUT2D eigenvalue weighted by Gasteiger charge is -2.29. The molecule has 0 saturated heterocycles. The quantitative estimate of drug-likeness (QED) is 0.0903. The minimum absolute atomic E-state index is 0.0659. The first-order valence-corrected chi connectivity index (χ1v) is 18.1. The number of carbonyl (C=O) groups excluding carboxylic acids is 4. The van der Waals surface area contributed by atoms with Crippen LogP contribution in [0.5, 0.6) is 0 Å². The van der Waals surface area contributed by atoms with Gasteiger partial charge < -0.3 is 30.5 Å². The van der Waals surface area contributed by atoms with Gasteiger partial charge in [-0.05, 0) is 59.9 Å². The van der Waals surface area contributed by atoms with Gasteiger partial charge in [0.05, 0.1) is 24.6 Å². The maximum absolute atomic E-state index is 13.7. The highest BCUT2D eigenvalue weighted by molar-refractivity contribution is 5.86. The molecule has 4 N–H and O–H groups in total. The molecule has 274 valence electrons. The standard InChI is InChI=1S/C42H49N3O7/c1-3-5-22-36(44-41(50)51-27-35-33-20-11-9-18-31(33)32-19-10-12-21-34(32)35)40(49)52-37(29-16-7-6-8-17-29)26-43-39(48)30(15-4-2)25-38(47)45-42(28-46)23-13-14-24-42/h3-4,6-12,16-21,30,35-37,46H,1-2,5,13-15,22-28H2,(H,43,48)(H,44,50)(H,45,47)/t30-,36-,37+/m0/s1. The lowest BCUT2D eigenvalue weighted by atomic mass is 9.95. The van der Waals surface area contributed by atoms with E-state index in [0.29, 0.717) is 24.8 Å². The van der Waals surface area contributed by atoms with E-state index < -0.39 is 41.6 Å². The smallest absolute Gasteiger partial charge is 0.407 e. The van der Waals surface area contributed by atoms with E-state index in [9.17, 15) is 24.3 Å². The number of carbonyl (C=O) groups is 4. The number of allylic oxidation sites excluding steroid dienone is 2. The van der Waals surface area contributed by atoms with Crippen LogP contribution in [-0.4, -0.2) is 60.3 Å². The SMILES string of the molecule is C=CCC[C@H](NC(=O)OCC1c2ccccc2-c2ccccc21)C(=O)O[C@H](CNC(=O)[C@@H](CC=C)CC(=O)NC1(CO)CCCC1)c1ccccc1. The third-order valence-electron chi connectivity index (χ3n) is 9.99. The number of hydrogen-bond acceptors (Lipinski definition) is 7. The molecule has 1 fully saturated rings. The highest BCUT2D eigenvalue weighted by Crippen LogP contribution is 2.44. The second kappa shape index (κ2) is 18.3. The van der Waals surface area contributed by atoms with E-state index in [0.717, 1.165) is 35.1 Å². The molecule has 0 radical (unpaired) electrons. The van der Waals surface area contributed by atoms with Gasteiger partial charge in [0.1, 0.15) is 18.8 Å². The molecule has 3 atom stereocenters. The summed E-state index contributed by atoms with van der Waals surface area (Å²) in [6, 6.07) is 24.0. The second-order valence-corrected chi connectivity index (χ2v) is 13.6. The van der Waals surface area contributed by atoms with Crippen LogP contribution in [0.25, 0.3) is 11.1 Å². The second-order valence-electron chi connectivity index (χ2n) is 13.6. The summed E-state index contributed by atoms with van der Waals surface area (Å²) in [4.78, 5) is 53.2. The summed E-state index contributed by atoms with van der Waals surface area (Å²) in [5, 5.41) is 18.4. The van der Waals surface area contributed by atoms with Gasteiger partial charge in [0.15, 0.2) is 0 Å². The molecule has 0 bridgehead atoms. The van der Waals surface area contributed by atoms with Crippen molar-refractivity contribution in [3.8, 4) is 11.1 Å². The van der Waals surface area contributed by atoms with Crippen molar-refractivity contribution in [3.05, 3.63) is 121 Å². The average molecular weight is 708 g/mol. The number of rotatable bonds is 18. The van der Waals surface area contributed by atoms with E-state index in [1.807, 2.05) is 42.5 Å². The Morgan fingerprint density at radius 3 is 2.13 bits per heavy atom. The summed E-state index contributed by atoms with van der Waals surface area (Å²) in [7, 11) is 0. The van der Waals surface area contributed by atoms with Crippen LogP contribution in [0.3, 0.4) is 0 Å². The zero-order valence-electron chi connectivity index (χ0n) is 29.6. The molecule has 10 nitrogen and oxygen atoms in total. The van der Waals surface area contributed by atoms with Crippen LogP contribution in [0, 0.1) is 5.92 Å². The van der Waals surface area contributed by atoms with Gasteiger partial charge in [-0.3, -0.25) is 9.59 Å². The van der Waals surface area contributed by atoms with Crippen molar-refractivity contribution in [2.24, 2.45) is 5.92 Å². The van der Waals surface area contributed by atoms with Crippen molar-refractivity contribution in [1.29, 1.82) is 0 Å². The van der Waals surface area contributed by atoms with Crippen molar-refractivity contribution < 1.29 is 33.8 Å². The van der Waals surface area contributed by atoms with Crippen molar-refractivity contribution in [3.63, 3.8) is 0 Å². The first kappa shape index (κ1) is 38.0. The van der Waals surface area contributed by atoms with Gasteiger partial charge in [0.2, 0.25) is 11.8 Å². The number of benzene rings is 3. The Labute approximate surface area is 305 Å². The van der Waals surface area contributed by atoms with E-state index in [2.05, 4.69) is 41.2 Å². The van der Waals surface area contributed by atoms with Gasteiger partial charge in [-0.1, -0.05) is 104 Å². The minimum Gasteiger partial charge on any atom is -0.454 e. The van der Waals surface area contributed by atoms with E-state index in [-0.39, 0.29) is 50.8 Å². The van der Waals surface area contributed by atoms with Crippen LogP contribution in [0.4, 0.5) is 4.79 Å². The number of nitrogens with one attached hydrogen (secondary N) is 3. The molecule has 0 unspecified atom stereocenters. The lowest BCUT2D eigenvalue weighted by Crippen LogP contribution is -2.50. The Hall–Kier alpha value is -5.22. The maximum atomic E-state index is 13.7. The van der Waals surface area contributed by atoms with Crippen LogP contribution < -0.4 is 16.0 Å². The molecule has 1 saturated carbocycles. The fourth-order valence-electron chi connectivity index (χ4n) is 7.20. The lowest BCUT2D eigenvalue weighted by molar-refractivity contribution is -0.152. The number of hydrogen-bond donors (Lipinski definition) is 4. The third kappa shape index (κ3) is 9.55. The van der Waals surface area contributed by atoms with Crippen molar-refractivity contribution in [2.45, 2.75) is 75.0 Å². The summed E-state index contributed by atoms with van der Waals surface area (Å²) in [6.07, 6.45) is 5.68. The Balaban J connectivity index is 1.22. The molecule has 2 aliphatic carbocycles. The van der Waals surface area contributed by atoms with E-state index in [4.69, 9.17) is 9.47 Å². The van der Waals surface area contributed by atoms with Gasteiger partial charge in [0, 0.05) is 12.3 Å². The van der Waals surface area contributed by atoms with Gasteiger partial charge >= 0.3 is 12.1 Å². The fraction of sp³-hybridized carbons (Fsp3) is 0.381. The monoisotopic (exact) mass is 707 g/mol. The molecule has 0 spiro atoms. The third-order valence-corrected chi connectivity index (χ3v) is 9.99. The summed E-state index contributed by atoms with van der Waals surface area (Å²) in [5.74, 6) is -2.24. The van der Waals surface area contributed by atoms with Crippen molar-refractivity contribution in [1.82, 2.24) is 16.0 Å². The zero-order valence-corrected chi connectivity index (χ0v) is 29.6. The van der Waals surface area contributed by atoms with E-state index in [1.165, 1.54) is 0 Å². The van der Waals surface area contributed by atoms with Crippen LogP contribution in [0.15, 0.2) is 104 Å². The molecular formula is C42H49N3O7. The number of amides is 3. The zero-order chi connectivity index (χ0) is 36.9. The summed E-state index contributed by atoms with van der Waals surface area (Å²) in [5.41, 5.74) is 4.36. The first-order chi connectivity index (χ1) is 25.3. The predicted molar refractivity (Wildman–Crippen MR) is 199 cm³/mol. The largest absolute Gasteiger partial charge is 0.454 e. The molecule has 3 aromatic rings. The van der Waals surface area contributed by atoms with Crippen LogP contribution in [-0.2, 0) is 23.9 Å². The first-order valence-electron chi connectivity index (χ1n) is 18.1. The van der Waals surface area contributed by atoms with Crippen LogP contribution in [0.2, 0.25) is 0 Å². The number of aliphatic hydroxyl groups is 1. The normalized spacial score (nSPS) is 15.9. The Morgan fingerprint density at radius 2 is 1.52 bits per heavy atom. The van der Waals surface area contributed by atoms with Gasteiger partial charge in [0.25, 0.3) is 0 Å². The number of ether oxygens (including phenoxy) is 2. The van der Waals surface area contributed by atoms with Gasteiger partial charge in [-0.15, -0.1) is 13.2 Å². The Kier molecular flexibility index (Phi) is 13.4. The molecule has 52 heavy (non-hydrogen) atoms. The molecule has 3 aromatic carbocycles. The Morgan fingerprint density at radius 1 is 0.885 bits per heavy atom. The average Bonchev–Trinajstić information content (AvgIpc) is 3.76. The number of alkyl carbamates (subject to hydrolysis) is 1. The summed E-state index contributed by atoms with van der Waals surface area (Å²) >= 11 is 0. The number of esters is 1. The van der Waals surface area contributed by atoms with E-state index >= 15 is 0 Å². The maximum Gasteiger partial charge on any atom is 0.407 e. The van der Waals surface area contributed by atoms with Gasteiger partial charge in [-0.25, -0.2) is 9.59 Å². The number of aliphatic hydroxyl groups excluding tert-OH is 1. The molecule has 0 aromatic heterocycles. The highest BCUT2D eigenvalue weighted by atomic mass is 16.6. The molecule has 5 rings (SSSR count). The van der Waals surface area contributed by atoms with Crippen molar-refractivity contribution in [2.75, 3.05) is 19.8 Å². The van der Waals surface area contributed by atoms with Crippen LogP contribution in [0.1, 0.15) is 80.1 Å². The van der Waals surface area contributed by atoms with Crippen LogP contribution >= 0.6 is 0 Å². The predicted octanol–water partition coefficient (Wildman–Crippen LogP) is 6.26. The minimum atomic E-state index is -1.04. The Bertz CT molecular complexity index is 1670. The number of fused-ring (bicyclic) bond motifs is 3. The topological polar surface area (TPSA) is 143 Å². The summed E-state index contributed by atoms with van der Waals surface area (Å²) < 4.78 is 11.7. The molecule has 10 heteroatoms. The van der Waals surface area contributed by atoms with Gasteiger partial charge in [-0.2, -0.15) is 0 Å². The molecule has 0 heterocycles.